The Balaban J connectivity index is 2.17. The lowest BCUT2D eigenvalue weighted by Gasteiger charge is -2.35. The summed E-state index contributed by atoms with van der Waals surface area (Å²) < 4.78 is 0. The van der Waals surface area contributed by atoms with E-state index in [2.05, 4.69) is 44.3 Å². The number of hydrogen-bond donors (Lipinski definition) is 1. The molecule has 1 aliphatic rings. The van der Waals surface area contributed by atoms with E-state index in [0.29, 0.717) is 18.4 Å². The molecule has 0 saturated carbocycles. The van der Waals surface area contributed by atoms with Gasteiger partial charge >= 0.3 is 0 Å². The molecule has 21 heavy (non-hydrogen) atoms. The average molecular weight is 288 g/mol. The third-order valence-electron chi connectivity index (χ3n) is 4.56. The van der Waals surface area contributed by atoms with Crippen LogP contribution in [0.25, 0.3) is 0 Å². The van der Waals surface area contributed by atoms with Crippen molar-refractivity contribution in [3.05, 3.63) is 29.8 Å². The molecule has 1 amide bonds. The van der Waals surface area contributed by atoms with Gasteiger partial charge in [0.25, 0.3) is 0 Å². The monoisotopic (exact) mass is 288 g/mol. The zero-order chi connectivity index (χ0) is 15.2. The highest BCUT2D eigenvalue weighted by atomic mass is 16.2. The van der Waals surface area contributed by atoms with E-state index in [1.165, 1.54) is 5.56 Å². The predicted octanol–water partition coefficient (Wildman–Crippen LogP) is 3.38. The van der Waals surface area contributed by atoms with Crippen LogP contribution in [-0.2, 0) is 11.2 Å². The Morgan fingerprint density at radius 1 is 1.24 bits per heavy atom. The standard InChI is InChI=1S/C18H28N2O/c1-4-12-19-16(14(3)5-2)13-20-17-9-7-6-8-15(17)10-11-18(20)21/h6-9,14,16,19H,4-5,10-13H2,1-3H3. The highest BCUT2D eigenvalue weighted by Gasteiger charge is 2.27. The van der Waals surface area contributed by atoms with E-state index < -0.39 is 0 Å². The van der Waals surface area contributed by atoms with Crippen LogP contribution < -0.4 is 10.2 Å². The van der Waals surface area contributed by atoms with E-state index in [9.17, 15) is 4.79 Å². The lowest BCUT2D eigenvalue weighted by Crippen LogP contribution is -2.48. The first-order valence-corrected chi connectivity index (χ1v) is 8.29. The van der Waals surface area contributed by atoms with Gasteiger partial charge in [-0.2, -0.15) is 0 Å². The normalized spacial score (nSPS) is 17.5. The van der Waals surface area contributed by atoms with Crippen molar-refractivity contribution in [3.63, 3.8) is 0 Å². The molecule has 1 aromatic rings. The van der Waals surface area contributed by atoms with Gasteiger partial charge in [0.05, 0.1) is 0 Å². The van der Waals surface area contributed by atoms with Crippen LogP contribution in [0.15, 0.2) is 24.3 Å². The Hall–Kier alpha value is -1.35. The molecule has 0 aromatic heterocycles. The van der Waals surface area contributed by atoms with Gasteiger partial charge in [-0.25, -0.2) is 0 Å². The first-order valence-electron chi connectivity index (χ1n) is 8.29. The van der Waals surface area contributed by atoms with Gasteiger partial charge in [0, 0.05) is 24.7 Å². The number of rotatable bonds is 7. The van der Waals surface area contributed by atoms with E-state index in [-0.39, 0.29) is 5.91 Å². The van der Waals surface area contributed by atoms with Crippen molar-refractivity contribution in [1.82, 2.24) is 5.32 Å². The van der Waals surface area contributed by atoms with Crippen LogP contribution in [0.5, 0.6) is 0 Å². The fourth-order valence-electron chi connectivity index (χ4n) is 2.95. The first-order chi connectivity index (χ1) is 10.2. The topological polar surface area (TPSA) is 32.3 Å². The summed E-state index contributed by atoms with van der Waals surface area (Å²) in [5.41, 5.74) is 2.41. The SMILES string of the molecule is CCCNC(CN1C(=O)CCc2ccccc21)C(C)CC. The number of fused-ring (bicyclic) bond motifs is 1. The Bertz CT molecular complexity index is 472. The highest BCUT2D eigenvalue weighted by molar-refractivity contribution is 5.96. The smallest absolute Gasteiger partial charge is 0.227 e. The maximum atomic E-state index is 12.4. The largest absolute Gasteiger partial charge is 0.312 e. The number of carbonyl (C=O) groups is 1. The number of aryl methyl sites for hydroxylation is 1. The summed E-state index contributed by atoms with van der Waals surface area (Å²) >= 11 is 0. The Kier molecular flexibility index (Phi) is 5.80. The number of para-hydroxylation sites is 1. The van der Waals surface area contributed by atoms with E-state index in [1.54, 1.807) is 0 Å². The van der Waals surface area contributed by atoms with Crippen molar-refractivity contribution in [2.45, 2.75) is 52.5 Å². The number of anilines is 1. The predicted molar refractivity (Wildman–Crippen MR) is 88.7 cm³/mol. The Morgan fingerprint density at radius 3 is 2.71 bits per heavy atom. The summed E-state index contributed by atoms with van der Waals surface area (Å²) in [5, 5.41) is 3.62. The van der Waals surface area contributed by atoms with Crippen LogP contribution in [0.1, 0.15) is 45.6 Å². The minimum atomic E-state index is 0.264. The number of hydrogen-bond acceptors (Lipinski definition) is 2. The van der Waals surface area contributed by atoms with Crippen LogP contribution >= 0.6 is 0 Å². The van der Waals surface area contributed by atoms with Crippen LogP contribution in [0.2, 0.25) is 0 Å². The molecule has 0 radical (unpaired) electrons. The highest BCUT2D eigenvalue weighted by Crippen LogP contribution is 2.28. The summed E-state index contributed by atoms with van der Waals surface area (Å²) in [5.74, 6) is 0.832. The zero-order valence-electron chi connectivity index (χ0n) is 13.6. The van der Waals surface area contributed by atoms with Crippen LogP contribution in [-0.4, -0.2) is 25.0 Å². The third-order valence-corrected chi connectivity index (χ3v) is 4.56. The van der Waals surface area contributed by atoms with Crippen LogP contribution in [0.3, 0.4) is 0 Å². The van der Waals surface area contributed by atoms with Crippen molar-refractivity contribution < 1.29 is 4.79 Å². The summed E-state index contributed by atoms with van der Waals surface area (Å²) in [4.78, 5) is 14.4. The number of benzene rings is 1. The van der Waals surface area contributed by atoms with Gasteiger partial charge in [-0.15, -0.1) is 0 Å². The molecule has 0 saturated heterocycles. The van der Waals surface area contributed by atoms with E-state index in [0.717, 1.165) is 38.0 Å². The zero-order valence-corrected chi connectivity index (χ0v) is 13.6. The quantitative estimate of drug-likeness (QED) is 0.834. The molecule has 1 aromatic carbocycles. The molecule has 3 nitrogen and oxygen atoms in total. The van der Waals surface area contributed by atoms with Gasteiger partial charge in [0.15, 0.2) is 0 Å². The lowest BCUT2D eigenvalue weighted by molar-refractivity contribution is -0.119. The van der Waals surface area contributed by atoms with E-state index >= 15 is 0 Å². The summed E-state index contributed by atoms with van der Waals surface area (Å²) in [6, 6.07) is 8.69. The molecule has 2 unspecified atom stereocenters. The molecule has 0 fully saturated rings. The van der Waals surface area contributed by atoms with Crippen molar-refractivity contribution in [1.29, 1.82) is 0 Å². The summed E-state index contributed by atoms with van der Waals surface area (Å²) in [6.45, 7) is 8.47. The Labute approximate surface area is 128 Å². The van der Waals surface area contributed by atoms with Gasteiger partial charge in [-0.05, 0) is 36.9 Å². The lowest BCUT2D eigenvalue weighted by atomic mass is 9.95. The van der Waals surface area contributed by atoms with Gasteiger partial charge < -0.3 is 10.2 Å². The maximum absolute atomic E-state index is 12.4. The van der Waals surface area contributed by atoms with Gasteiger partial charge in [0.2, 0.25) is 5.91 Å². The van der Waals surface area contributed by atoms with E-state index in [4.69, 9.17) is 0 Å². The molecule has 3 heteroatoms. The molecule has 2 atom stereocenters. The third kappa shape index (κ3) is 3.85. The Morgan fingerprint density at radius 2 is 2.00 bits per heavy atom. The fraction of sp³-hybridized carbons (Fsp3) is 0.611. The fourth-order valence-corrected chi connectivity index (χ4v) is 2.95. The number of nitrogens with zero attached hydrogens (tertiary/aromatic N) is 1. The van der Waals surface area contributed by atoms with Gasteiger partial charge in [-0.1, -0.05) is 45.4 Å². The minimum absolute atomic E-state index is 0.264. The first kappa shape index (κ1) is 16.0. The van der Waals surface area contributed by atoms with Crippen molar-refractivity contribution in [2.24, 2.45) is 5.92 Å². The minimum Gasteiger partial charge on any atom is -0.312 e. The maximum Gasteiger partial charge on any atom is 0.227 e. The molecule has 1 aliphatic heterocycles. The summed E-state index contributed by atoms with van der Waals surface area (Å²) in [7, 11) is 0. The van der Waals surface area contributed by atoms with Crippen molar-refractivity contribution >= 4 is 11.6 Å². The summed E-state index contributed by atoms with van der Waals surface area (Å²) in [6.07, 6.45) is 3.77. The molecule has 1 N–H and O–H groups in total. The molecule has 0 spiro atoms. The average Bonchev–Trinajstić information content (AvgIpc) is 2.52. The van der Waals surface area contributed by atoms with Crippen molar-refractivity contribution in [3.8, 4) is 0 Å². The molecular formula is C18H28N2O. The second-order valence-electron chi connectivity index (χ2n) is 6.08. The van der Waals surface area contributed by atoms with Crippen LogP contribution in [0.4, 0.5) is 5.69 Å². The molecule has 2 rings (SSSR count). The second-order valence-corrected chi connectivity index (χ2v) is 6.08. The van der Waals surface area contributed by atoms with Crippen molar-refractivity contribution in [2.75, 3.05) is 18.0 Å². The molecular weight excluding hydrogens is 260 g/mol. The van der Waals surface area contributed by atoms with Gasteiger partial charge in [0.1, 0.15) is 0 Å². The molecule has 0 bridgehead atoms. The second kappa shape index (κ2) is 7.60. The molecule has 1 heterocycles. The molecule has 0 aliphatic carbocycles. The molecule has 116 valence electrons. The number of amides is 1. The van der Waals surface area contributed by atoms with Crippen LogP contribution in [0, 0.1) is 5.92 Å². The number of nitrogens with one attached hydrogen (secondary N) is 1. The number of carbonyl (C=O) groups excluding carboxylic acids is 1. The van der Waals surface area contributed by atoms with E-state index in [1.807, 2.05) is 11.0 Å². The van der Waals surface area contributed by atoms with Gasteiger partial charge in [-0.3, -0.25) is 4.79 Å².